The summed E-state index contributed by atoms with van der Waals surface area (Å²) in [4.78, 5) is 12.3. The van der Waals surface area contributed by atoms with Crippen LogP contribution in [0, 0.1) is 11.6 Å². The molecule has 20 heavy (non-hydrogen) atoms. The molecule has 5 heteroatoms. The summed E-state index contributed by atoms with van der Waals surface area (Å²) in [5, 5.41) is 0. The van der Waals surface area contributed by atoms with Crippen LogP contribution in [-0.4, -0.2) is 20.0 Å². The van der Waals surface area contributed by atoms with Crippen molar-refractivity contribution < 1.29 is 23.0 Å². The highest BCUT2D eigenvalue weighted by molar-refractivity contribution is 6.10. The minimum Gasteiger partial charge on any atom is -0.497 e. The maximum absolute atomic E-state index is 13.9. The molecule has 0 saturated carbocycles. The zero-order valence-electron chi connectivity index (χ0n) is 10.9. The highest BCUT2D eigenvalue weighted by Gasteiger charge is 2.19. The third kappa shape index (κ3) is 2.61. The fraction of sp³-hybridized carbons (Fsp3) is 0.133. The van der Waals surface area contributed by atoms with E-state index in [1.807, 2.05) is 0 Å². The van der Waals surface area contributed by atoms with E-state index in [-0.39, 0.29) is 16.9 Å². The van der Waals surface area contributed by atoms with Gasteiger partial charge in [0, 0.05) is 6.07 Å². The van der Waals surface area contributed by atoms with Gasteiger partial charge in [-0.25, -0.2) is 8.78 Å². The summed E-state index contributed by atoms with van der Waals surface area (Å²) in [7, 11) is 2.75. The topological polar surface area (TPSA) is 35.5 Å². The second kappa shape index (κ2) is 5.69. The molecule has 0 aliphatic carbocycles. The van der Waals surface area contributed by atoms with Crippen LogP contribution in [0.4, 0.5) is 8.78 Å². The van der Waals surface area contributed by atoms with Gasteiger partial charge in [0.1, 0.15) is 23.1 Å². The predicted octanol–water partition coefficient (Wildman–Crippen LogP) is 3.21. The van der Waals surface area contributed by atoms with Crippen molar-refractivity contribution in [3.8, 4) is 11.5 Å². The van der Waals surface area contributed by atoms with E-state index in [0.29, 0.717) is 5.75 Å². The van der Waals surface area contributed by atoms with Gasteiger partial charge in [-0.2, -0.15) is 0 Å². The van der Waals surface area contributed by atoms with Crippen molar-refractivity contribution in [2.24, 2.45) is 0 Å². The fourth-order valence-electron chi connectivity index (χ4n) is 1.81. The number of hydrogen-bond donors (Lipinski definition) is 0. The van der Waals surface area contributed by atoms with Crippen molar-refractivity contribution in [1.29, 1.82) is 0 Å². The first-order chi connectivity index (χ1) is 9.56. The number of carbonyl (C=O) groups is 1. The van der Waals surface area contributed by atoms with Gasteiger partial charge in [0.05, 0.1) is 25.3 Å². The Morgan fingerprint density at radius 2 is 1.70 bits per heavy atom. The summed E-state index contributed by atoms with van der Waals surface area (Å²) in [5.74, 6) is -1.50. The Kier molecular flexibility index (Phi) is 3.98. The Bertz CT molecular complexity index is 654. The van der Waals surface area contributed by atoms with E-state index in [9.17, 15) is 13.6 Å². The maximum Gasteiger partial charge on any atom is 0.199 e. The number of carbonyl (C=O) groups excluding carboxylic acids is 1. The van der Waals surface area contributed by atoms with Gasteiger partial charge in [-0.15, -0.1) is 0 Å². The molecule has 3 nitrogen and oxygen atoms in total. The molecule has 0 amide bonds. The van der Waals surface area contributed by atoms with Crippen LogP contribution in [0.15, 0.2) is 36.4 Å². The Morgan fingerprint density at radius 3 is 2.30 bits per heavy atom. The first kappa shape index (κ1) is 14.0. The van der Waals surface area contributed by atoms with Crippen LogP contribution < -0.4 is 9.47 Å². The first-order valence-electron chi connectivity index (χ1n) is 5.78. The average Bonchev–Trinajstić information content (AvgIpc) is 2.46. The van der Waals surface area contributed by atoms with Gasteiger partial charge in [0.2, 0.25) is 0 Å². The molecule has 2 aromatic rings. The molecule has 0 aromatic heterocycles. The molecule has 0 aliphatic heterocycles. The number of ketones is 1. The molecule has 2 rings (SSSR count). The standard InChI is InChI=1S/C15H12F2O3/c1-19-10-4-5-11(13(17)8-10)15(18)12-7-9(16)3-6-14(12)20-2/h3-8H,1-2H3. The lowest BCUT2D eigenvalue weighted by Crippen LogP contribution is -2.07. The Balaban J connectivity index is 2.48. The van der Waals surface area contributed by atoms with E-state index in [4.69, 9.17) is 9.47 Å². The zero-order chi connectivity index (χ0) is 14.7. The monoisotopic (exact) mass is 278 g/mol. The highest BCUT2D eigenvalue weighted by atomic mass is 19.1. The molecule has 0 N–H and O–H groups in total. The van der Waals surface area contributed by atoms with Gasteiger partial charge < -0.3 is 9.47 Å². The summed E-state index contributed by atoms with van der Waals surface area (Å²) in [5.41, 5.74) is -0.203. The van der Waals surface area contributed by atoms with Gasteiger partial charge in [0.25, 0.3) is 0 Å². The van der Waals surface area contributed by atoms with Crippen LogP contribution in [-0.2, 0) is 0 Å². The largest absolute Gasteiger partial charge is 0.497 e. The summed E-state index contributed by atoms with van der Waals surface area (Å²) >= 11 is 0. The van der Waals surface area contributed by atoms with E-state index in [0.717, 1.165) is 12.1 Å². The van der Waals surface area contributed by atoms with E-state index in [2.05, 4.69) is 0 Å². The quantitative estimate of drug-likeness (QED) is 0.806. The number of ether oxygens (including phenoxy) is 2. The van der Waals surface area contributed by atoms with Crippen LogP contribution in [0.3, 0.4) is 0 Å². The molecule has 0 aliphatic rings. The molecule has 104 valence electrons. The molecule has 0 bridgehead atoms. The number of rotatable bonds is 4. The molecule has 0 spiro atoms. The van der Waals surface area contributed by atoms with Crippen LogP contribution in [0.1, 0.15) is 15.9 Å². The fourth-order valence-corrected chi connectivity index (χ4v) is 1.81. The summed E-state index contributed by atoms with van der Waals surface area (Å²) < 4.78 is 37.0. The normalized spacial score (nSPS) is 10.2. The van der Waals surface area contributed by atoms with E-state index in [1.54, 1.807) is 0 Å². The second-order valence-electron chi connectivity index (χ2n) is 4.02. The molecule has 0 saturated heterocycles. The lowest BCUT2D eigenvalue weighted by Gasteiger charge is -2.09. The molecule has 0 atom stereocenters. The zero-order valence-corrected chi connectivity index (χ0v) is 10.9. The number of methoxy groups -OCH3 is 2. The summed E-state index contributed by atoms with van der Waals surface area (Å²) in [6.45, 7) is 0. The summed E-state index contributed by atoms with van der Waals surface area (Å²) in [6.07, 6.45) is 0. The predicted molar refractivity (Wildman–Crippen MR) is 69.3 cm³/mol. The third-order valence-electron chi connectivity index (χ3n) is 2.83. The van der Waals surface area contributed by atoms with Gasteiger partial charge in [-0.05, 0) is 30.3 Å². The lowest BCUT2D eigenvalue weighted by atomic mass is 10.0. The van der Waals surface area contributed by atoms with Crippen molar-refractivity contribution >= 4 is 5.78 Å². The number of halogens is 2. The van der Waals surface area contributed by atoms with E-state index < -0.39 is 17.4 Å². The van der Waals surface area contributed by atoms with Crippen molar-refractivity contribution in [2.45, 2.75) is 0 Å². The van der Waals surface area contributed by atoms with E-state index >= 15 is 0 Å². The molecule has 0 fully saturated rings. The van der Waals surface area contributed by atoms with Crippen LogP contribution in [0.5, 0.6) is 11.5 Å². The van der Waals surface area contributed by atoms with Crippen molar-refractivity contribution in [2.75, 3.05) is 14.2 Å². The van der Waals surface area contributed by atoms with Crippen molar-refractivity contribution in [3.63, 3.8) is 0 Å². The number of hydrogen-bond acceptors (Lipinski definition) is 3. The molecule has 0 unspecified atom stereocenters. The van der Waals surface area contributed by atoms with Crippen LogP contribution in [0.25, 0.3) is 0 Å². The lowest BCUT2D eigenvalue weighted by molar-refractivity contribution is 0.103. The molecule has 0 radical (unpaired) electrons. The second-order valence-corrected chi connectivity index (χ2v) is 4.02. The Hall–Kier alpha value is -2.43. The number of benzene rings is 2. The van der Waals surface area contributed by atoms with Gasteiger partial charge in [0.15, 0.2) is 5.78 Å². The maximum atomic E-state index is 13.9. The van der Waals surface area contributed by atoms with Gasteiger partial charge in [-0.3, -0.25) is 4.79 Å². The Labute approximate surface area is 114 Å². The van der Waals surface area contributed by atoms with E-state index in [1.165, 1.54) is 38.5 Å². The molecular weight excluding hydrogens is 266 g/mol. The third-order valence-corrected chi connectivity index (χ3v) is 2.83. The Morgan fingerprint density at radius 1 is 0.950 bits per heavy atom. The summed E-state index contributed by atoms with van der Waals surface area (Å²) in [6, 6.07) is 7.36. The van der Waals surface area contributed by atoms with Gasteiger partial charge in [-0.1, -0.05) is 0 Å². The minimum atomic E-state index is -0.735. The molecule has 2 aromatic carbocycles. The minimum absolute atomic E-state index is 0.0310. The van der Waals surface area contributed by atoms with Crippen LogP contribution in [0.2, 0.25) is 0 Å². The molecule has 0 heterocycles. The highest BCUT2D eigenvalue weighted by Crippen LogP contribution is 2.25. The molecular formula is C15H12F2O3. The average molecular weight is 278 g/mol. The smallest absolute Gasteiger partial charge is 0.199 e. The first-order valence-corrected chi connectivity index (χ1v) is 5.78. The van der Waals surface area contributed by atoms with Gasteiger partial charge >= 0.3 is 0 Å². The van der Waals surface area contributed by atoms with Crippen LogP contribution >= 0.6 is 0 Å². The van der Waals surface area contributed by atoms with Crippen molar-refractivity contribution in [1.82, 2.24) is 0 Å². The SMILES string of the molecule is COc1ccc(C(=O)c2cc(F)ccc2OC)c(F)c1. The van der Waals surface area contributed by atoms with Crippen molar-refractivity contribution in [3.05, 3.63) is 59.2 Å².